The highest BCUT2D eigenvalue weighted by atomic mass is 19.1. The first-order valence-electron chi connectivity index (χ1n) is 16.3. The SMILES string of the molecule is CC.CC.Cc1ccc(C2CC2CCC2CC(=O)NC(N)=N2)cc1C(CC(C)(C)C)NC(=O)c1cc(F)c2c(c1)CCC2. The highest BCUT2D eigenvalue weighted by molar-refractivity contribution is 5.98. The molecule has 7 heteroatoms. The number of aryl methyl sites for hydroxylation is 2. The van der Waals surface area contributed by atoms with E-state index < -0.39 is 0 Å². The van der Waals surface area contributed by atoms with Crippen molar-refractivity contribution in [1.29, 1.82) is 0 Å². The molecule has 1 saturated carbocycles. The topological polar surface area (TPSA) is 96.6 Å². The van der Waals surface area contributed by atoms with E-state index in [0.717, 1.165) is 67.2 Å². The minimum atomic E-state index is -0.261. The van der Waals surface area contributed by atoms with Crippen LogP contribution in [0.1, 0.15) is 137 Å². The largest absolute Gasteiger partial charge is 0.370 e. The third-order valence-corrected chi connectivity index (χ3v) is 8.46. The zero-order valence-electron chi connectivity index (χ0n) is 27.6. The number of aliphatic imine (C=N–C) groups is 1. The van der Waals surface area contributed by atoms with Crippen molar-refractivity contribution in [1.82, 2.24) is 10.6 Å². The normalized spacial score (nSPS) is 21.2. The van der Waals surface area contributed by atoms with Gasteiger partial charge in [-0.05, 0) is 109 Å². The Morgan fingerprint density at radius 3 is 2.51 bits per heavy atom. The number of carbonyl (C=O) groups is 2. The lowest BCUT2D eigenvalue weighted by molar-refractivity contribution is -0.120. The van der Waals surface area contributed by atoms with Crippen molar-refractivity contribution in [3.8, 4) is 0 Å². The van der Waals surface area contributed by atoms with Crippen LogP contribution in [0, 0.1) is 24.1 Å². The van der Waals surface area contributed by atoms with Crippen LogP contribution in [0.2, 0.25) is 0 Å². The zero-order chi connectivity index (χ0) is 31.9. The predicted molar refractivity (Wildman–Crippen MR) is 175 cm³/mol. The Morgan fingerprint density at radius 2 is 1.84 bits per heavy atom. The molecule has 1 fully saturated rings. The Labute approximate surface area is 258 Å². The van der Waals surface area contributed by atoms with E-state index in [-0.39, 0.29) is 41.1 Å². The van der Waals surface area contributed by atoms with Crippen molar-refractivity contribution in [2.45, 2.75) is 125 Å². The van der Waals surface area contributed by atoms with Crippen LogP contribution in [0.25, 0.3) is 0 Å². The van der Waals surface area contributed by atoms with Crippen molar-refractivity contribution in [3.63, 3.8) is 0 Å². The lowest BCUT2D eigenvalue weighted by Gasteiger charge is -2.29. The number of benzene rings is 2. The Morgan fingerprint density at radius 1 is 1.12 bits per heavy atom. The molecule has 4 unspecified atom stereocenters. The van der Waals surface area contributed by atoms with Gasteiger partial charge in [-0.1, -0.05) is 66.7 Å². The number of fused-ring (bicyclic) bond motifs is 1. The van der Waals surface area contributed by atoms with Gasteiger partial charge in [0, 0.05) is 12.0 Å². The summed E-state index contributed by atoms with van der Waals surface area (Å²) in [6.07, 6.45) is 6.67. The predicted octanol–water partition coefficient (Wildman–Crippen LogP) is 7.67. The molecule has 2 aliphatic carbocycles. The first kappa shape index (κ1) is 34.3. The van der Waals surface area contributed by atoms with Crippen LogP contribution < -0.4 is 16.4 Å². The summed E-state index contributed by atoms with van der Waals surface area (Å²) < 4.78 is 14.7. The molecule has 4 N–H and O–H groups in total. The van der Waals surface area contributed by atoms with E-state index in [1.165, 1.54) is 11.6 Å². The minimum Gasteiger partial charge on any atom is -0.370 e. The quantitative estimate of drug-likeness (QED) is 0.293. The molecule has 0 saturated heterocycles. The number of rotatable bonds is 8. The number of nitrogens with one attached hydrogen (secondary N) is 2. The van der Waals surface area contributed by atoms with Crippen LogP contribution in [0.4, 0.5) is 4.39 Å². The van der Waals surface area contributed by atoms with E-state index in [9.17, 15) is 14.0 Å². The second kappa shape index (κ2) is 15.0. The van der Waals surface area contributed by atoms with E-state index in [1.807, 2.05) is 33.8 Å². The molecule has 2 aromatic rings. The first-order chi connectivity index (χ1) is 20.5. The van der Waals surface area contributed by atoms with Gasteiger partial charge in [0.15, 0.2) is 5.96 Å². The molecule has 1 aliphatic heterocycles. The van der Waals surface area contributed by atoms with Gasteiger partial charge in [0.25, 0.3) is 5.91 Å². The highest BCUT2D eigenvalue weighted by Gasteiger charge is 2.39. The molecule has 1 heterocycles. The van der Waals surface area contributed by atoms with Gasteiger partial charge in [0.05, 0.1) is 12.1 Å². The number of nitrogens with two attached hydrogens (primary N) is 1. The summed E-state index contributed by atoms with van der Waals surface area (Å²) in [5.41, 5.74) is 11.4. The summed E-state index contributed by atoms with van der Waals surface area (Å²) >= 11 is 0. The van der Waals surface area contributed by atoms with Crippen LogP contribution in [-0.4, -0.2) is 23.8 Å². The van der Waals surface area contributed by atoms with Gasteiger partial charge in [-0.15, -0.1) is 0 Å². The number of amides is 2. The van der Waals surface area contributed by atoms with Crippen molar-refractivity contribution < 1.29 is 14.0 Å². The molecule has 3 aliphatic rings. The Bertz CT molecular complexity index is 1310. The molecule has 2 aromatic carbocycles. The Balaban J connectivity index is 0.00000121. The second-order valence-corrected chi connectivity index (χ2v) is 13.0. The van der Waals surface area contributed by atoms with E-state index in [1.54, 1.807) is 0 Å². The highest BCUT2D eigenvalue weighted by Crippen LogP contribution is 2.51. The van der Waals surface area contributed by atoms with Crippen molar-refractivity contribution in [2.75, 3.05) is 0 Å². The molecule has 6 nitrogen and oxygen atoms in total. The summed E-state index contributed by atoms with van der Waals surface area (Å²) in [6, 6.07) is 9.70. The van der Waals surface area contributed by atoms with Crippen molar-refractivity contribution in [3.05, 3.63) is 69.5 Å². The van der Waals surface area contributed by atoms with Gasteiger partial charge in [-0.3, -0.25) is 14.9 Å². The fraction of sp³-hybridized carbons (Fsp3) is 0.583. The molecule has 0 aromatic heterocycles. The molecule has 43 heavy (non-hydrogen) atoms. The summed E-state index contributed by atoms with van der Waals surface area (Å²) in [5, 5.41) is 5.83. The molecule has 236 valence electrons. The molecular weight excluding hydrogens is 539 g/mol. The molecule has 2 amide bonds. The average Bonchev–Trinajstić information content (AvgIpc) is 3.57. The van der Waals surface area contributed by atoms with Gasteiger partial charge in [-0.25, -0.2) is 9.38 Å². The third kappa shape index (κ3) is 9.14. The standard InChI is InChI=1S/C32H41FN4O2.2C2H6/c1-18-8-9-20(26-14-21(26)10-11-23-16-29(38)37-31(34)35-23)13-25(18)28(17-32(2,3)4)36-30(39)22-12-19-6-5-7-24(19)27(33)15-22;2*1-2/h8-9,12-13,15,21,23,26,28H,5-7,10-11,14,16-17H2,1-4H3,(H,36,39)(H3,34,35,37,38);2*1-2H3. The molecule has 0 spiro atoms. The number of hydrogen-bond acceptors (Lipinski definition) is 4. The van der Waals surface area contributed by atoms with E-state index in [0.29, 0.717) is 23.8 Å². The number of nitrogens with zero attached hydrogens (tertiary/aromatic N) is 1. The third-order valence-electron chi connectivity index (χ3n) is 8.46. The molecular formula is C36H53FN4O2. The Kier molecular flexibility index (Phi) is 11.9. The van der Waals surface area contributed by atoms with Crippen LogP contribution >= 0.6 is 0 Å². The number of hydrogen-bond donors (Lipinski definition) is 3. The summed E-state index contributed by atoms with van der Waals surface area (Å²) in [4.78, 5) is 29.6. The van der Waals surface area contributed by atoms with E-state index in [2.05, 4.69) is 61.5 Å². The van der Waals surface area contributed by atoms with Crippen molar-refractivity contribution >= 4 is 17.8 Å². The summed E-state index contributed by atoms with van der Waals surface area (Å²) in [7, 11) is 0. The second-order valence-electron chi connectivity index (χ2n) is 13.0. The van der Waals surface area contributed by atoms with Crippen molar-refractivity contribution in [2.24, 2.45) is 22.1 Å². The summed E-state index contributed by atoms with van der Waals surface area (Å²) in [5.74, 6) is 0.719. The van der Waals surface area contributed by atoms with Gasteiger partial charge in [0.1, 0.15) is 5.82 Å². The van der Waals surface area contributed by atoms with E-state index in [4.69, 9.17) is 5.73 Å². The Hall–Kier alpha value is -3.22. The van der Waals surface area contributed by atoms with Crippen LogP contribution in [0.5, 0.6) is 0 Å². The molecule has 0 radical (unpaired) electrons. The number of guanidine groups is 1. The van der Waals surface area contributed by atoms with Gasteiger partial charge < -0.3 is 11.1 Å². The maximum atomic E-state index is 14.7. The number of carbonyl (C=O) groups excluding carboxylic acids is 2. The van der Waals surface area contributed by atoms with Gasteiger partial charge >= 0.3 is 0 Å². The van der Waals surface area contributed by atoms with Crippen LogP contribution in [0.3, 0.4) is 0 Å². The maximum absolute atomic E-state index is 14.7. The molecule has 5 rings (SSSR count). The van der Waals surface area contributed by atoms with Crippen LogP contribution in [-0.2, 0) is 17.6 Å². The molecule has 0 bridgehead atoms. The monoisotopic (exact) mass is 592 g/mol. The van der Waals surface area contributed by atoms with Gasteiger partial charge in [0.2, 0.25) is 5.91 Å². The van der Waals surface area contributed by atoms with E-state index >= 15 is 0 Å². The minimum absolute atomic E-state index is 0.0135. The van der Waals surface area contributed by atoms with Gasteiger partial charge in [-0.2, -0.15) is 0 Å². The maximum Gasteiger partial charge on any atom is 0.251 e. The van der Waals surface area contributed by atoms with Crippen LogP contribution in [0.15, 0.2) is 35.3 Å². The fourth-order valence-electron chi connectivity index (χ4n) is 6.37. The fourth-order valence-corrected chi connectivity index (χ4v) is 6.37. The summed E-state index contributed by atoms with van der Waals surface area (Å²) in [6.45, 7) is 16.6. The molecule has 4 atom stereocenters. The smallest absolute Gasteiger partial charge is 0.251 e. The zero-order valence-corrected chi connectivity index (χ0v) is 27.6. The average molecular weight is 593 g/mol. The lowest BCUT2D eigenvalue weighted by atomic mass is 9.83. The first-order valence-corrected chi connectivity index (χ1v) is 16.3. The number of halogens is 1. The lowest BCUT2D eigenvalue weighted by Crippen LogP contribution is -2.43.